The van der Waals surface area contributed by atoms with Gasteiger partial charge in [0.1, 0.15) is 0 Å². The molecular formula is C18H34O3. The van der Waals surface area contributed by atoms with Gasteiger partial charge in [0.25, 0.3) is 0 Å². The molecule has 0 rings (SSSR count). The van der Waals surface area contributed by atoms with Gasteiger partial charge in [-0.25, -0.2) is 4.79 Å². The minimum atomic E-state index is -0.521. The van der Waals surface area contributed by atoms with Crippen molar-refractivity contribution in [2.45, 2.75) is 96.8 Å². The average Bonchev–Trinajstić information content (AvgIpc) is 2.50. The fraction of sp³-hybridized carbons (Fsp3) is 0.833. The molecule has 3 heteroatoms. The van der Waals surface area contributed by atoms with Crippen LogP contribution in [0.15, 0.2) is 12.2 Å². The zero-order valence-corrected chi connectivity index (χ0v) is 13.8. The van der Waals surface area contributed by atoms with Gasteiger partial charge >= 0.3 is 5.97 Å². The lowest BCUT2D eigenvalue weighted by atomic mass is 10.1. The van der Waals surface area contributed by atoms with Crippen LogP contribution in [0.4, 0.5) is 0 Å². The lowest BCUT2D eigenvalue weighted by molar-refractivity contribution is -0.234. The molecule has 3 nitrogen and oxygen atoms in total. The van der Waals surface area contributed by atoms with Crippen molar-refractivity contribution in [3.05, 3.63) is 12.2 Å². The minimum Gasteiger partial charge on any atom is -0.301 e. The maximum atomic E-state index is 10.7. The Kier molecular flexibility index (Phi) is 16.5. The Balaban J connectivity index is 3.10. The van der Waals surface area contributed by atoms with Gasteiger partial charge in [-0.3, -0.25) is 0 Å². The lowest BCUT2D eigenvalue weighted by Gasteiger charge is -1.99. The predicted molar refractivity (Wildman–Crippen MR) is 88.2 cm³/mol. The van der Waals surface area contributed by atoms with Crippen molar-refractivity contribution in [2.24, 2.45) is 0 Å². The summed E-state index contributed by atoms with van der Waals surface area (Å²) in [4.78, 5) is 14.3. The number of unbranched alkanes of at least 4 members (excludes halogenated alkanes) is 11. The van der Waals surface area contributed by atoms with Gasteiger partial charge in [-0.1, -0.05) is 70.4 Å². The molecule has 0 radical (unpaired) electrons. The largest absolute Gasteiger partial charge is 0.342 e. The van der Waals surface area contributed by atoms with E-state index in [2.05, 4.69) is 24.0 Å². The maximum absolute atomic E-state index is 10.7. The average molecular weight is 298 g/mol. The Morgan fingerprint density at radius 1 is 0.810 bits per heavy atom. The summed E-state index contributed by atoms with van der Waals surface area (Å²) in [6.45, 7) is 2.26. The number of allylic oxidation sites excluding steroid dienone is 2. The van der Waals surface area contributed by atoms with Crippen molar-refractivity contribution >= 4 is 5.97 Å². The van der Waals surface area contributed by atoms with E-state index in [1.807, 2.05) is 0 Å². The molecule has 0 heterocycles. The number of hydrogen-bond acceptors (Lipinski definition) is 3. The Morgan fingerprint density at radius 3 is 1.81 bits per heavy atom. The minimum absolute atomic E-state index is 0.328. The molecule has 0 atom stereocenters. The van der Waals surface area contributed by atoms with E-state index < -0.39 is 5.97 Å². The highest BCUT2D eigenvalue weighted by Crippen LogP contribution is 2.10. The van der Waals surface area contributed by atoms with E-state index in [4.69, 9.17) is 5.26 Å². The molecule has 0 aromatic carbocycles. The second-order valence-electron chi connectivity index (χ2n) is 5.80. The summed E-state index contributed by atoms with van der Waals surface area (Å²) in [5, 5.41) is 8.09. The van der Waals surface area contributed by atoms with Crippen LogP contribution in [0.5, 0.6) is 0 Å². The van der Waals surface area contributed by atoms with Crippen molar-refractivity contribution in [1.82, 2.24) is 0 Å². The van der Waals surface area contributed by atoms with Crippen molar-refractivity contribution in [1.29, 1.82) is 0 Å². The molecule has 0 fully saturated rings. The van der Waals surface area contributed by atoms with E-state index in [1.54, 1.807) is 0 Å². The topological polar surface area (TPSA) is 46.5 Å². The third-order valence-electron chi connectivity index (χ3n) is 3.74. The van der Waals surface area contributed by atoms with Crippen LogP contribution >= 0.6 is 0 Å². The molecule has 0 aliphatic heterocycles. The molecule has 124 valence electrons. The zero-order chi connectivity index (χ0) is 15.6. The van der Waals surface area contributed by atoms with E-state index in [1.165, 1.54) is 64.2 Å². The predicted octanol–water partition coefficient (Wildman–Crippen LogP) is 6.04. The summed E-state index contributed by atoms with van der Waals surface area (Å²) < 4.78 is 0. The molecule has 0 spiro atoms. The molecule has 0 amide bonds. The molecule has 21 heavy (non-hydrogen) atoms. The van der Waals surface area contributed by atoms with Crippen molar-refractivity contribution in [2.75, 3.05) is 0 Å². The quantitative estimate of drug-likeness (QED) is 0.173. The van der Waals surface area contributed by atoms with Crippen molar-refractivity contribution < 1.29 is 14.9 Å². The van der Waals surface area contributed by atoms with Crippen LogP contribution < -0.4 is 0 Å². The molecule has 0 aliphatic carbocycles. The van der Waals surface area contributed by atoms with E-state index >= 15 is 0 Å². The molecule has 0 saturated heterocycles. The van der Waals surface area contributed by atoms with Gasteiger partial charge in [0.15, 0.2) is 0 Å². The van der Waals surface area contributed by atoms with Gasteiger partial charge in [-0.15, -0.1) is 0 Å². The normalized spacial score (nSPS) is 11.1. The third-order valence-corrected chi connectivity index (χ3v) is 3.74. The summed E-state index contributed by atoms with van der Waals surface area (Å²) >= 11 is 0. The van der Waals surface area contributed by atoms with Crippen molar-refractivity contribution in [3.63, 3.8) is 0 Å². The molecule has 0 bridgehead atoms. The Labute approximate surface area is 130 Å². The van der Waals surface area contributed by atoms with Gasteiger partial charge in [0.2, 0.25) is 0 Å². The second kappa shape index (κ2) is 17.2. The van der Waals surface area contributed by atoms with E-state index in [0.717, 1.165) is 19.3 Å². The molecule has 0 aliphatic rings. The summed E-state index contributed by atoms with van der Waals surface area (Å²) in [5.41, 5.74) is 0. The standard InChI is InChI=1S/C18H34O3/c1-2-3-4-5-6-7-8-9-10-11-12-13-14-15-16-17-18(19)21-20/h9-10,20H,2-8,11-17H2,1H3/b10-9+. The van der Waals surface area contributed by atoms with Gasteiger partial charge in [0, 0.05) is 6.42 Å². The van der Waals surface area contributed by atoms with Gasteiger partial charge < -0.3 is 4.89 Å². The molecule has 0 unspecified atom stereocenters. The SMILES string of the molecule is CCCCCCCC/C=C/CCCCCCCC(=O)OO. The smallest absolute Gasteiger partial charge is 0.301 e. The van der Waals surface area contributed by atoms with E-state index in [0.29, 0.717) is 6.42 Å². The summed E-state index contributed by atoms with van der Waals surface area (Å²) in [5.74, 6) is -0.521. The summed E-state index contributed by atoms with van der Waals surface area (Å²) in [6.07, 6.45) is 21.1. The molecule has 0 saturated carbocycles. The van der Waals surface area contributed by atoms with Crippen LogP contribution in [0.3, 0.4) is 0 Å². The van der Waals surface area contributed by atoms with Crippen LogP contribution in [0.25, 0.3) is 0 Å². The number of carbonyl (C=O) groups is 1. The Hall–Kier alpha value is -0.830. The van der Waals surface area contributed by atoms with Crippen LogP contribution in [0, 0.1) is 0 Å². The summed E-state index contributed by atoms with van der Waals surface area (Å²) in [7, 11) is 0. The molecule has 1 N–H and O–H groups in total. The van der Waals surface area contributed by atoms with Gasteiger partial charge in [-0.2, -0.15) is 5.26 Å². The first-order valence-corrected chi connectivity index (χ1v) is 8.80. The van der Waals surface area contributed by atoms with Crippen LogP contribution in [0.1, 0.15) is 96.8 Å². The monoisotopic (exact) mass is 298 g/mol. The van der Waals surface area contributed by atoms with Crippen molar-refractivity contribution in [3.8, 4) is 0 Å². The molecular weight excluding hydrogens is 264 g/mol. The summed E-state index contributed by atoms with van der Waals surface area (Å²) in [6, 6.07) is 0. The highest BCUT2D eigenvalue weighted by atomic mass is 17.1. The fourth-order valence-electron chi connectivity index (χ4n) is 2.39. The van der Waals surface area contributed by atoms with Crippen LogP contribution in [-0.2, 0) is 9.68 Å². The Morgan fingerprint density at radius 2 is 1.29 bits per heavy atom. The molecule has 0 aromatic rings. The highest BCUT2D eigenvalue weighted by molar-refractivity contribution is 5.68. The number of carbonyl (C=O) groups excluding carboxylic acids is 1. The van der Waals surface area contributed by atoms with Crippen LogP contribution in [-0.4, -0.2) is 11.2 Å². The molecule has 0 aromatic heterocycles. The van der Waals surface area contributed by atoms with Gasteiger partial charge in [0.05, 0.1) is 0 Å². The van der Waals surface area contributed by atoms with Crippen LogP contribution in [0.2, 0.25) is 0 Å². The van der Waals surface area contributed by atoms with E-state index in [-0.39, 0.29) is 0 Å². The first kappa shape index (κ1) is 20.2. The first-order chi connectivity index (χ1) is 10.3. The fourth-order valence-corrected chi connectivity index (χ4v) is 2.39. The van der Waals surface area contributed by atoms with E-state index in [9.17, 15) is 4.79 Å². The first-order valence-electron chi connectivity index (χ1n) is 8.80. The lowest BCUT2D eigenvalue weighted by Crippen LogP contribution is -1.99. The maximum Gasteiger partial charge on any atom is 0.342 e. The van der Waals surface area contributed by atoms with Gasteiger partial charge in [-0.05, 0) is 32.1 Å². The third kappa shape index (κ3) is 17.1. The highest BCUT2D eigenvalue weighted by Gasteiger charge is 2.00. The Bertz CT molecular complexity index is 249. The number of rotatable bonds is 15. The second-order valence-corrected chi connectivity index (χ2v) is 5.80. The zero-order valence-electron chi connectivity index (χ0n) is 13.8. The number of hydrogen-bond donors (Lipinski definition) is 1.